The van der Waals surface area contributed by atoms with Gasteiger partial charge in [-0.3, -0.25) is 4.68 Å². The largest absolute Gasteiger partial charge is 0.408 e. The standard InChI is InChI=1S/C7H8F4N2/c1-4-6(8)5(2)13(12-4)3-7(9,10)11/h3H2,1-2H3. The highest BCUT2D eigenvalue weighted by atomic mass is 19.4. The van der Waals surface area contributed by atoms with Crippen molar-refractivity contribution in [2.75, 3.05) is 0 Å². The molecule has 1 aromatic heterocycles. The molecule has 1 aromatic rings. The molecule has 0 N–H and O–H groups in total. The number of rotatable bonds is 1. The van der Waals surface area contributed by atoms with Crippen LogP contribution in [0.25, 0.3) is 0 Å². The lowest BCUT2D eigenvalue weighted by Crippen LogP contribution is -2.19. The normalized spacial score (nSPS) is 12.2. The highest BCUT2D eigenvalue weighted by Gasteiger charge is 2.30. The van der Waals surface area contributed by atoms with E-state index in [0.29, 0.717) is 4.68 Å². The van der Waals surface area contributed by atoms with Crippen molar-refractivity contribution in [1.29, 1.82) is 0 Å². The Morgan fingerprint density at radius 2 is 1.85 bits per heavy atom. The summed E-state index contributed by atoms with van der Waals surface area (Å²) >= 11 is 0. The molecule has 0 aliphatic rings. The maximum absolute atomic E-state index is 12.9. The molecule has 0 aliphatic carbocycles. The zero-order valence-electron chi connectivity index (χ0n) is 7.11. The molecule has 0 atom stereocenters. The Balaban J connectivity index is 2.97. The van der Waals surface area contributed by atoms with Crippen LogP contribution < -0.4 is 0 Å². The van der Waals surface area contributed by atoms with Gasteiger partial charge in [-0.1, -0.05) is 0 Å². The van der Waals surface area contributed by atoms with Crippen LogP contribution in [0.15, 0.2) is 0 Å². The molecule has 0 amide bonds. The fraction of sp³-hybridized carbons (Fsp3) is 0.571. The van der Waals surface area contributed by atoms with Crippen molar-refractivity contribution >= 4 is 0 Å². The van der Waals surface area contributed by atoms with Gasteiger partial charge in [0.2, 0.25) is 0 Å². The van der Waals surface area contributed by atoms with Crippen LogP contribution in [0.3, 0.4) is 0 Å². The highest BCUT2D eigenvalue weighted by molar-refractivity contribution is 5.10. The second kappa shape index (κ2) is 3.01. The first kappa shape index (κ1) is 10.0. The summed E-state index contributed by atoms with van der Waals surface area (Å²) in [6, 6.07) is 0. The van der Waals surface area contributed by atoms with E-state index in [1.165, 1.54) is 13.8 Å². The van der Waals surface area contributed by atoms with Crippen LogP contribution in [0.5, 0.6) is 0 Å². The molecule has 0 aromatic carbocycles. The topological polar surface area (TPSA) is 17.8 Å². The van der Waals surface area contributed by atoms with Crippen LogP contribution in [-0.2, 0) is 6.54 Å². The van der Waals surface area contributed by atoms with Gasteiger partial charge >= 0.3 is 6.18 Å². The van der Waals surface area contributed by atoms with Crippen molar-refractivity contribution in [2.45, 2.75) is 26.6 Å². The third kappa shape index (κ3) is 2.19. The molecule has 1 rings (SSSR count). The van der Waals surface area contributed by atoms with E-state index in [0.717, 1.165) is 0 Å². The predicted molar refractivity (Wildman–Crippen MR) is 37.7 cm³/mol. The zero-order chi connectivity index (χ0) is 10.2. The van der Waals surface area contributed by atoms with E-state index >= 15 is 0 Å². The average molecular weight is 196 g/mol. The summed E-state index contributed by atoms with van der Waals surface area (Å²) in [5.41, 5.74) is -0.100. The molecule has 0 saturated heterocycles. The lowest BCUT2D eigenvalue weighted by Gasteiger charge is -2.07. The molecule has 74 valence electrons. The molecule has 0 radical (unpaired) electrons. The molecular formula is C7H8F4N2. The van der Waals surface area contributed by atoms with Gasteiger partial charge in [0.05, 0.1) is 11.4 Å². The van der Waals surface area contributed by atoms with Gasteiger partial charge in [0.1, 0.15) is 6.54 Å². The number of alkyl halides is 3. The zero-order valence-corrected chi connectivity index (χ0v) is 7.11. The molecule has 0 unspecified atom stereocenters. The number of hydrogen-bond acceptors (Lipinski definition) is 1. The van der Waals surface area contributed by atoms with Crippen LogP contribution >= 0.6 is 0 Å². The molecule has 13 heavy (non-hydrogen) atoms. The Bertz CT molecular complexity index is 313. The van der Waals surface area contributed by atoms with Gasteiger partial charge in [-0.2, -0.15) is 18.3 Å². The van der Waals surface area contributed by atoms with Crippen molar-refractivity contribution in [3.8, 4) is 0 Å². The molecule has 0 fully saturated rings. The second-order valence-electron chi connectivity index (χ2n) is 2.76. The summed E-state index contributed by atoms with van der Waals surface area (Å²) in [5.74, 6) is -0.677. The van der Waals surface area contributed by atoms with E-state index in [2.05, 4.69) is 5.10 Å². The average Bonchev–Trinajstić information content (AvgIpc) is 2.15. The van der Waals surface area contributed by atoms with Gasteiger partial charge in [-0.15, -0.1) is 0 Å². The van der Waals surface area contributed by atoms with Gasteiger partial charge in [0.25, 0.3) is 0 Å². The summed E-state index contributed by atoms with van der Waals surface area (Å²) in [4.78, 5) is 0. The molecule has 6 heteroatoms. The maximum atomic E-state index is 12.9. The highest BCUT2D eigenvalue weighted by Crippen LogP contribution is 2.19. The van der Waals surface area contributed by atoms with E-state index in [4.69, 9.17) is 0 Å². The summed E-state index contributed by atoms with van der Waals surface area (Å²) in [6.45, 7) is 1.35. The van der Waals surface area contributed by atoms with E-state index in [9.17, 15) is 17.6 Å². The Labute approximate surface area is 72.2 Å². The van der Waals surface area contributed by atoms with E-state index in [1.807, 2.05) is 0 Å². The van der Waals surface area contributed by atoms with E-state index in [1.54, 1.807) is 0 Å². The van der Waals surface area contributed by atoms with Crippen LogP contribution in [0.1, 0.15) is 11.4 Å². The maximum Gasteiger partial charge on any atom is 0.408 e. The van der Waals surface area contributed by atoms with Gasteiger partial charge in [-0.25, -0.2) is 4.39 Å². The molecule has 0 aliphatic heterocycles. The third-order valence-corrected chi connectivity index (χ3v) is 1.62. The first-order valence-electron chi connectivity index (χ1n) is 3.57. The van der Waals surface area contributed by atoms with Crippen LogP contribution in [0.2, 0.25) is 0 Å². The number of aryl methyl sites for hydroxylation is 1. The van der Waals surface area contributed by atoms with E-state index in [-0.39, 0.29) is 11.4 Å². The van der Waals surface area contributed by atoms with Crippen LogP contribution in [0.4, 0.5) is 17.6 Å². The van der Waals surface area contributed by atoms with Crippen molar-refractivity contribution in [3.05, 3.63) is 17.2 Å². The van der Waals surface area contributed by atoms with Gasteiger partial charge < -0.3 is 0 Å². The number of halogens is 4. The van der Waals surface area contributed by atoms with Gasteiger partial charge in [0.15, 0.2) is 5.82 Å². The minimum atomic E-state index is -4.37. The molecule has 0 bridgehead atoms. The van der Waals surface area contributed by atoms with Gasteiger partial charge in [0, 0.05) is 0 Å². The van der Waals surface area contributed by atoms with Crippen molar-refractivity contribution in [1.82, 2.24) is 9.78 Å². The molecular weight excluding hydrogens is 188 g/mol. The fourth-order valence-corrected chi connectivity index (χ4v) is 0.999. The van der Waals surface area contributed by atoms with Gasteiger partial charge in [-0.05, 0) is 13.8 Å². The first-order chi connectivity index (χ1) is 5.81. The monoisotopic (exact) mass is 196 g/mol. The number of aromatic nitrogens is 2. The van der Waals surface area contributed by atoms with Crippen molar-refractivity contribution < 1.29 is 17.6 Å². The van der Waals surface area contributed by atoms with E-state index < -0.39 is 18.5 Å². The summed E-state index contributed by atoms with van der Waals surface area (Å²) < 4.78 is 49.1. The molecule has 1 heterocycles. The Kier molecular flexibility index (Phi) is 2.32. The minimum Gasteiger partial charge on any atom is -0.257 e. The summed E-state index contributed by atoms with van der Waals surface area (Å²) in [5, 5.41) is 3.42. The SMILES string of the molecule is Cc1nn(CC(F)(F)F)c(C)c1F. The molecule has 0 saturated carbocycles. The first-order valence-corrected chi connectivity index (χ1v) is 3.57. The fourth-order valence-electron chi connectivity index (χ4n) is 0.999. The minimum absolute atomic E-state index is 0.0123. The smallest absolute Gasteiger partial charge is 0.257 e. The van der Waals surface area contributed by atoms with Crippen LogP contribution in [-0.4, -0.2) is 16.0 Å². The summed E-state index contributed by atoms with van der Waals surface area (Å²) in [6.07, 6.45) is -4.37. The number of nitrogens with zero attached hydrogens (tertiary/aromatic N) is 2. The Hall–Kier alpha value is -1.07. The predicted octanol–water partition coefficient (Wildman–Crippen LogP) is 2.20. The third-order valence-electron chi connectivity index (χ3n) is 1.62. The van der Waals surface area contributed by atoms with Crippen molar-refractivity contribution in [2.24, 2.45) is 0 Å². The quantitative estimate of drug-likeness (QED) is 0.629. The Morgan fingerprint density at radius 1 is 1.31 bits per heavy atom. The van der Waals surface area contributed by atoms with Crippen molar-refractivity contribution in [3.63, 3.8) is 0 Å². The summed E-state index contributed by atoms with van der Waals surface area (Å²) in [7, 11) is 0. The molecule has 2 nitrogen and oxygen atoms in total. The number of hydrogen-bond donors (Lipinski definition) is 0. The second-order valence-corrected chi connectivity index (χ2v) is 2.76. The van der Waals surface area contributed by atoms with Crippen LogP contribution in [0, 0.1) is 19.7 Å². The lowest BCUT2D eigenvalue weighted by molar-refractivity contribution is -0.143. The molecule has 0 spiro atoms. The lowest BCUT2D eigenvalue weighted by atomic mass is 10.4. The Morgan fingerprint density at radius 3 is 2.15 bits per heavy atom.